The molecule has 3 heteroatoms. The van der Waals surface area contributed by atoms with Crippen molar-refractivity contribution >= 4 is 0 Å². The van der Waals surface area contributed by atoms with Gasteiger partial charge in [-0.1, -0.05) is 42.5 Å². The maximum absolute atomic E-state index is 9.18. The third-order valence-corrected chi connectivity index (χ3v) is 3.06. The molecule has 0 unspecified atom stereocenters. The average Bonchev–Trinajstić information content (AvgIpc) is 3.00. The van der Waals surface area contributed by atoms with Crippen LogP contribution in [0.1, 0.15) is 19.4 Å². The van der Waals surface area contributed by atoms with Crippen LogP contribution in [0.25, 0.3) is 0 Å². The molecular weight excluding hydrogens is 228 g/mol. The first kappa shape index (κ1) is 13.3. The van der Waals surface area contributed by atoms with Crippen LogP contribution in [0.3, 0.4) is 0 Å². The van der Waals surface area contributed by atoms with Crippen molar-refractivity contribution in [3.05, 3.63) is 48.0 Å². The Hall–Kier alpha value is -1.16. The quantitative estimate of drug-likeness (QED) is 0.620. The molecule has 2 rings (SSSR count). The van der Waals surface area contributed by atoms with Crippen LogP contribution < -0.4 is 0 Å². The number of ether oxygens (including phenoxy) is 2. The van der Waals surface area contributed by atoms with Crippen molar-refractivity contribution in [1.82, 2.24) is 0 Å². The molecule has 1 aliphatic rings. The first-order chi connectivity index (χ1) is 8.60. The van der Waals surface area contributed by atoms with E-state index in [1.165, 1.54) is 5.56 Å². The molecule has 1 saturated heterocycles. The zero-order valence-electron chi connectivity index (χ0n) is 10.9. The van der Waals surface area contributed by atoms with E-state index in [4.69, 9.17) is 9.47 Å². The van der Waals surface area contributed by atoms with Gasteiger partial charge in [-0.05, 0) is 19.4 Å². The van der Waals surface area contributed by atoms with E-state index in [0.29, 0.717) is 13.2 Å². The highest BCUT2D eigenvalue weighted by molar-refractivity contribution is 5.16. The molecule has 0 amide bonds. The van der Waals surface area contributed by atoms with Crippen LogP contribution in [0.5, 0.6) is 0 Å². The number of aliphatic hydroxyl groups is 1. The topological polar surface area (TPSA) is 42.0 Å². The van der Waals surface area contributed by atoms with Crippen molar-refractivity contribution in [2.45, 2.75) is 38.3 Å². The Balaban J connectivity index is 1.71. The van der Waals surface area contributed by atoms with E-state index in [-0.39, 0.29) is 11.7 Å². The summed E-state index contributed by atoms with van der Waals surface area (Å²) < 4.78 is 11.2. The lowest BCUT2D eigenvalue weighted by Crippen LogP contribution is -2.12. The molecule has 18 heavy (non-hydrogen) atoms. The van der Waals surface area contributed by atoms with E-state index >= 15 is 0 Å². The molecular formula is C15H20O3. The van der Waals surface area contributed by atoms with E-state index in [0.717, 1.165) is 0 Å². The lowest BCUT2D eigenvalue weighted by molar-refractivity contribution is 0.104. The summed E-state index contributed by atoms with van der Waals surface area (Å²) in [5, 5.41) is 9.18. The molecule has 1 heterocycles. The molecule has 1 aromatic rings. The summed E-state index contributed by atoms with van der Waals surface area (Å²) in [6.45, 7) is 4.91. The smallest absolute Gasteiger partial charge is 0.114 e. The Morgan fingerprint density at radius 1 is 1.44 bits per heavy atom. The van der Waals surface area contributed by atoms with E-state index < -0.39 is 6.10 Å². The molecule has 0 radical (unpaired) electrons. The predicted molar refractivity (Wildman–Crippen MR) is 70.2 cm³/mol. The zero-order valence-corrected chi connectivity index (χ0v) is 10.9. The molecule has 1 aliphatic heterocycles. The molecule has 98 valence electrons. The van der Waals surface area contributed by atoms with E-state index in [1.54, 1.807) is 13.0 Å². The Kier molecular flexibility index (Phi) is 4.17. The van der Waals surface area contributed by atoms with Gasteiger partial charge >= 0.3 is 0 Å². The zero-order chi connectivity index (χ0) is 13.0. The Morgan fingerprint density at radius 2 is 2.17 bits per heavy atom. The number of hydrogen-bond acceptors (Lipinski definition) is 3. The van der Waals surface area contributed by atoms with Crippen molar-refractivity contribution < 1.29 is 14.6 Å². The minimum absolute atomic E-state index is 0.0937. The van der Waals surface area contributed by atoms with Gasteiger partial charge in [0.15, 0.2) is 0 Å². The van der Waals surface area contributed by atoms with Gasteiger partial charge in [0, 0.05) is 0 Å². The summed E-state index contributed by atoms with van der Waals surface area (Å²) in [6, 6.07) is 10.1. The van der Waals surface area contributed by atoms with Gasteiger partial charge in [-0.15, -0.1) is 0 Å². The van der Waals surface area contributed by atoms with Gasteiger partial charge in [-0.25, -0.2) is 0 Å². The summed E-state index contributed by atoms with van der Waals surface area (Å²) in [5.74, 6) is 0. The normalized spacial score (nSPS) is 28.5. The highest BCUT2D eigenvalue weighted by Gasteiger charge is 2.50. The summed E-state index contributed by atoms with van der Waals surface area (Å²) in [4.78, 5) is 0. The molecule has 0 aliphatic carbocycles. The maximum Gasteiger partial charge on any atom is 0.114 e. The van der Waals surface area contributed by atoms with Gasteiger partial charge in [-0.2, -0.15) is 0 Å². The molecule has 0 spiro atoms. The van der Waals surface area contributed by atoms with Crippen LogP contribution in [0.2, 0.25) is 0 Å². The van der Waals surface area contributed by atoms with Crippen molar-refractivity contribution in [2.75, 3.05) is 6.61 Å². The highest BCUT2D eigenvalue weighted by Crippen LogP contribution is 2.37. The summed E-state index contributed by atoms with van der Waals surface area (Å²) >= 11 is 0. The standard InChI is InChI=1S/C15H20O3/c1-12(16)8-9-15(2)14(18-15)11-17-10-13-6-4-3-5-7-13/h3-9,12,14,16H,10-11H2,1-2H3/b9-8-/t12-,14-,15+/m1/s1. The number of epoxide rings is 1. The largest absolute Gasteiger partial charge is 0.389 e. The van der Waals surface area contributed by atoms with Gasteiger partial charge in [0.1, 0.15) is 11.7 Å². The third-order valence-electron chi connectivity index (χ3n) is 3.06. The predicted octanol–water partition coefficient (Wildman–Crippen LogP) is 2.30. The Labute approximate surface area is 108 Å². The van der Waals surface area contributed by atoms with Crippen LogP contribution in [0, 0.1) is 0 Å². The van der Waals surface area contributed by atoms with Crippen LogP contribution in [-0.2, 0) is 16.1 Å². The molecule has 1 fully saturated rings. The first-order valence-corrected chi connectivity index (χ1v) is 6.27. The highest BCUT2D eigenvalue weighted by atomic mass is 16.6. The fourth-order valence-corrected chi connectivity index (χ4v) is 1.81. The van der Waals surface area contributed by atoms with Gasteiger partial charge < -0.3 is 14.6 Å². The second-order valence-electron chi connectivity index (χ2n) is 4.89. The van der Waals surface area contributed by atoms with Crippen molar-refractivity contribution in [2.24, 2.45) is 0 Å². The third kappa shape index (κ3) is 3.67. The van der Waals surface area contributed by atoms with Crippen LogP contribution in [0.4, 0.5) is 0 Å². The lowest BCUT2D eigenvalue weighted by Gasteiger charge is -2.03. The van der Waals surface area contributed by atoms with Gasteiger partial charge in [-0.3, -0.25) is 0 Å². The molecule has 0 saturated carbocycles. The van der Waals surface area contributed by atoms with Gasteiger partial charge in [0.25, 0.3) is 0 Å². The molecule has 0 bridgehead atoms. The van der Waals surface area contributed by atoms with Crippen molar-refractivity contribution in [3.63, 3.8) is 0 Å². The minimum Gasteiger partial charge on any atom is -0.389 e. The monoisotopic (exact) mass is 248 g/mol. The number of hydrogen-bond donors (Lipinski definition) is 1. The lowest BCUT2D eigenvalue weighted by atomic mass is 10.1. The molecule has 1 aromatic carbocycles. The van der Waals surface area contributed by atoms with Crippen LogP contribution in [0.15, 0.2) is 42.5 Å². The molecule has 0 aromatic heterocycles. The van der Waals surface area contributed by atoms with E-state index in [9.17, 15) is 5.11 Å². The SMILES string of the molecule is C[C@@H](O)/C=C\[C@]1(C)O[C@@H]1COCc1ccccc1. The Bertz CT molecular complexity index is 399. The van der Waals surface area contributed by atoms with Crippen LogP contribution in [-0.4, -0.2) is 29.5 Å². The maximum atomic E-state index is 9.18. The second kappa shape index (κ2) is 5.65. The number of benzene rings is 1. The fraction of sp³-hybridized carbons (Fsp3) is 0.467. The molecule has 3 atom stereocenters. The van der Waals surface area contributed by atoms with Gasteiger partial charge in [0.05, 0.1) is 19.3 Å². The van der Waals surface area contributed by atoms with E-state index in [2.05, 4.69) is 0 Å². The summed E-state index contributed by atoms with van der Waals surface area (Å²) in [6.07, 6.45) is 3.32. The average molecular weight is 248 g/mol. The van der Waals surface area contributed by atoms with Crippen LogP contribution >= 0.6 is 0 Å². The Morgan fingerprint density at radius 3 is 2.83 bits per heavy atom. The minimum atomic E-state index is -0.433. The number of aliphatic hydroxyl groups excluding tert-OH is 1. The molecule has 1 N–H and O–H groups in total. The fourth-order valence-electron chi connectivity index (χ4n) is 1.81. The van der Waals surface area contributed by atoms with E-state index in [1.807, 2.05) is 43.3 Å². The van der Waals surface area contributed by atoms with Crippen molar-refractivity contribution in [1.29, 1.82) is 0 Å². The number of rotatable bonds is 6. The second-order valence-corrected chi connectivity index (χ2v) is 4.89. The van der Waals surface area contributed by atoms with Gasteiger partial charge in [0.2, 0.25) is 0 Å². The summed E-state index contributed by atoms with van der Waals surface area (Å²) in [5.41, 5.74) is 0.896. The van der Waals surface area contributed by atoms with Crippen molar-refractivity contribution in [3.8, 4) is 0 Å². The first-order valence-electron chi connectivity index (χ1n) is 6.27. The summed E-state index contributed by atoms with van der Waals surface area (Å²) in [7, 11) is 0. The molecule has 3 nitrogen and oxygen atoms in total.